The van der Waals surface area contributed by atoms with Crippen molar-refractivity contribution in [3.8, 4) is 0 Å². The van der Waals surface area contributed by atoms with Gasteiger partial charge in [0.1, 0.15) is 0 Å². The SMILES string of the molecule is CCCN(C)c1ccc(C(=O)N2CCC(N)C(C)(C)C2)cc1.Cl.Cl. The molecule has 24 heavy (non-hydrogen) atoms. The van der Waals surface area contributed by atoms with E-state index in [0.717, 1.165) is 43.7 Å². The molecule has 1 heterocycles. The molecule has 2 N–H and O–H groups in total. The Bertz CT molecular complexity index is 520. The second kappa shape index (κ2) is 9.50. The molecule has 0 aliphatic carbocycles. The number of amides is 1. The van der Waals surface area contributed by atoms with E-state index in [4.69, 9.17) is 5.73 Å². The van der Waals surface area contributed by atoms with Crippen LogP contribution in [0.5, 0.6) is 0 Å². The Morgan fingerprint density at radius 1 is 1.29 bits per heavy atom. The Balaban J connectivity index is 0.00000264. The largest absolute Gasteiger partial charge is 0.375 e. The number of anilines is 1. The molecule has 6 heteroatoms. The minimum atomic E-state index is -0.0187. The van der Waals surface area contributed by atoms with Crippen molar-refractivity contribution in [2.75, 3.05) is 31.6 Å². The molecule has 2 rings (SSSR count). The van der Waals surface area contributed by atoms with Gasteiger partial charge in [-0.2, -0.15) is 0 Å². The highest BCUT2D eigenvalue weighted by Gasteiger charge is 2.35. The first kappa shape index (κ1) is 23.0. The normalized spacial score (nSPS) is 19.0. The molecule has 1 aliphatic heterocycles. The van der Waals surface area contributed by atoms with Gasteiger partial charge in [-0.25, -0.2) is 0 Å². The number of carbonyl (C=O) groups excluding carboxylic acids is 1. The summed E-state index contributed by atoms with van der Waals surface area (Å²) in [6.07, 6.45) is 1.98. The average Bonchev–Trinajstić information content (AvgIpc) is 2.49. The lowest BCUT2D eigenvalue weighted by Gasteiger charge is -2.42. The number of carbonyl (C=O) groups is 1. The molecule has 1 aromatic carbocycles. The highest BCUT2D eigenvalue weighted by molar-refractivity contribution is 5.94. The van der Waals surface area contributed by atoms with Crippen LogP contribution in [0.25, 0.3) is 0 Å². The zero-order valence-electron chi connectivity index (χ0n) is 15.1. The van der Waals surface area contributed by atoms with Gasteiger partial charge in [-0.1, -0.05) is 20.8 Å². The van der Waals surface area contributed by atoms with E-state index in [1.54, 1.807) is 0 Å². The van der Waals surface area contributed by atoms with Crippen LogP contribution in [0.2, 0.25) is 0 Å². The monoisotopic (exact) mass is 375 g/mol. The van der Waals surface area contributed by atoms with Crippen LogP contribution in [-0.4, -0.2) is 43.5 Å². The fourth-order valence-corrected chi connectivity index (χ4v) is 3.05. The van der Waals surface area contributed by atoms with Crippen molar-refractivity contribution in [1.29, 1.82) is 0 Å². The van der Waals surface area contributed by atoms with Crippen LogP contribution >= 0.6 is 24.8 Å². The Kier molecular flexibility index (Phi) is 9.11. The molecular weight excluding hydrogens is 345 g/mol. The molecule has 138 valence electrons. The van der Waals surface area contributed by atoms with E-state index in [-0.39, 0.29) is 42.2 Å². The van der Waals surface area contributed by atoms with Crippen LogP contribution in [0.1, 0.15) is 44.0 Å². The van der Waals surface area contributed by atoms with Crippen LogP contribution in [0.15, 0.2) is 24.3 Å². The number of piperidine rings is 1. The maximum Gasteiger partial charge on any atom is 0.253 e. The minimum Gasteiger partial charge on any atom is -0.375 e. The topological polar surface area (TPSA) is 49.6 Å². The number of nitrogens with two attached hydrogens (primary N) is 1. The van der Waals surface area contributed by atoms with Gasteiger partial charge >= 0.3 is 0 Å². The Morgan fingerprint density at radius 3 is 2.38 bits per heavy atom. The molecule has 1 amide bonds. The number of halogens is 2. The summed E-state index contributed by atoms with van der Waals surface area (Å²) in [5.41, 5.74) is 8.05. The molecule has 1 aliphatic rings. The van der Waals surface area contributed by atoms with E-state index in [1.165, 1.54) is 0 Å². The van der Waals surface area contributed by atoms with E-state index in [0.29, 0.717) is 0 Å². The van der Waals surface area contributed by atoms with Gasteiger partial charge in [-0.05, 0) is 42.5 Å². The van der Waals surface area contributed by atoms with Crippen LogP contribution in [-0.2, 0) is 0 Å². The summed E-state index contributed by atoms with van der Waals surface area (Å²) in [4.78, 5) is 16.8. The third-order valence-corrected chi connectivity index (χ3v) is 4.71. The predicted molar refractivity (Wildman–Crippen MR) is 107 cm³/mol. The first-order valence-electron chi connectivity index (χ1n) is 8.21. The molecule has 1 unspecified atom stereocenters. The molecule has 1 saturated heterocycles. The average molecular weight is 376 g/mol. The number of nitrogens with zero attached hydrogens (tertiary/aromatic N) is 2. The van der Waals surface area contributed by atoms with Gasteiger partial charge in [-0.15, -0.1) is 24.8 Å². The summed E-state index contributed by atoms with van der Waals surface area (Å²) < 4.78 is 0. The number of likely N-dealkylation sites (tertiary alicyclic amines) is 1. The van der Waals surface area contributed by atoms with E-state index >= 15 is 0 Å². The summed E-state index contributed by atoms with van der Waals surface area (Å²) in [6.45, 7) is 8.94. The Morgan fingerprint density at radius 2 is 1.88 bits per heavy atom. The lowest BCUT2D eigenvalue weighted by molar-refractivity contribution is 0.0533. The second-order valence-electron chi connectivity index (χ2n) is 7.08. The van der Waals surface area contributed by atoms with Crippen molar-refractivity contribution in [2.45, 2.75) is 39.7 Å². The maximum atomic E-state index is 12.7. The molecule has 0 radical (unpaired) electrons. The zero-order chi connectivity index (χ0) is 16.3. The van der Waals surface area contributed by atoms with Crippen molar-refractivity contribution in [3.05, 3.63) is 29.8 Å². The number of hydrogen-bond acceptors (Lipinski definition) is 3. The van der Waals surface area contributed by atoms with Gasteiger partial charge in [0.05, 0.1) is 0 Å². The third-order valence-electron chi connectivity index (χ3n) is 4.71. The number of benzene rings is 1. The van der Waals surface area contributed by atoms with Crippen molar-refractivity contribution >= 4 is 36.4 Å². The fourth-order valence-electron chi connectivity index (χ4n) is 3.05. The Hall–Kier alpha value is -0.970. The van der Waals surface area contributed by atoms with E-state index < -0.39 is 0 Å². The minimum absolute atomic E-state index is 0. The van der Waals surface area contributed by atoms with Crippen molar-refractivity contribution in [1.82, 2.24) is 4.90 Å². The molecule has 0 bridgehead atoms. The smallest absolute Gasteiger partial charge is 0.253 e. The first-order chi connectivity index (χ1) is 10.3. The standard InChI is InChI=1S/C18H29N3O.2ClH/c1-5-11-20(4)15-8-6-14(7-9-15)17(22)21-12-10-16(19)18(2,3)13-21;;/h6-9,16H,5,10-13,19H2,1-4H3;2*1H. The molecule has 1 atom stereocenters. The third kappa shape index (κ3) is 5.27. The number of hydrogen-bond donors (Lipinski definition) is 1. The molecule has 0 aromatic heterocycles. The predicted octanol–water partition coefficient (Wildman–Crippen LogP) is 3.58. The van der Waals surface area contributed by atoms with Crippen LogP contribution in [0.4, 0.5) is 5.69 Å². The maximum absolute atomic E-state index is 12.7. The molecule has 0 spiro atoms. The summed E-state index contributed by atoms with van der Waals surface area (Å²) in [6, 6.07) is 8.10. The van der Waals surface area contributed by atoms with Gasteiger partial charge in [0, 0.05) is 44.0 Å². The quantitative estimate of drug-likeness (QED) is 0.874. The molecule has 1 fully saturated rings. The van der Waals surface area contributed by atoms with Gasteiger partial charge in [0.2, 0.25) is 0 Å². The van der Waals surface area contributed by atoms with E-state index in [9.17, 15) is 4.79 Å². The van der Waals surface area contributed by atoms with Gasteiger partial charge in [0.25, 0.3) is 5.91 Å². The highest BCUT2D eigenvalue weighted by atomic mass is 35.5. The summed E-state index contributed by atoms with van der Waals surface area (Å²) in [5, 5.41) is 0. The molecule has 4 nitrogen and oxygen atoms in total. The van der Waals surface area contributed by atoms with Crippen LogP contribution < -0.4 is 10.6 Å². The molecule has 1 aromatic rings. The van der Waals surface area contributed by atoms with Gasteiger partial charge < -0.3 is 15.5 Å². The summed E-state index contributed by atoms with van der Waals surface area (Å²) in [7, 11) is 2.08. The lowest BCUT2D eigenvalue weighted by atomic mass is 9.79. The number of rotatable bonds is 4. The highest BCUT2D eigenvalue weighted by Crippen LogP contribution is 2.28. The van der Waals surface area contributed by atoms with Crippen molar-refractivity contribution < 1.29 is 4.79 Å². The van der Waals surface area contributed by atoms with E-state index in [1.807, 2.05) is 29.2 Å². The molecular formula is C18H31Cl2N3O. The summed E-state index contributed by atoms with van der Waals surface area (Å²) >= 11 is 0. The van der Waals surface area contributed by atoms with Crippen LogP contribution in [0.3, 0.4) is 0 Å². The Labute approximate surface area is 158 Å². The first-order valence-corrected chi connectivity index (χ1v) is 8.21. The fraction of sp³-hybridized carbons (Fsp3) is 0.611. The van der Waals surface area contributed by atoms with Gasteiger partial charge in [0.15, 0.2) is 0 Å². The second-order valence-corrected chi connectivity index (χ2v) is 7.08. The van der Waals surface area contributed by atoms with Gasteiger partial charge in [-0.3, -0.25) is 4.79 Å². The van der Waals surface area contributed by atoms with Crippen molar-refractivity contribution in [3.63, 3.8) is 0 Å². The molecule has 0 saturated carbocycles. The lowest BCUT2D eigenvalue weighted by Crippen LogP contribution is -2.53. The van der Waals surface area contributed by atoms with Crippen LogP contribution in [0, 0.1) is 5.41 Å². The van der Waals surface area contributed by atoms with Crippen molar-refractivity contribution in [2.24, 2.45) is 11.1 Å². The zero-order valence-corrected chi connectivity index (χ0v) is 16.8. The summed E-state index contributed by atoms with van der Waals surface area (Å²) in [5.74, 6) is 0.115. The van der Waals surface area contributed by atoms with E-state index in [2.05, 4.69) is 32.7 Å².